The van der Waals surface area contributed by atoms with Crippen LogP contribution in [0.15, 0.2) is 96.0 Å². The Kier molecular flexibility index (Phi) is 8.92. The normalized spacial score (nSPS) is 12.9. The minimum atomic E-state index is -4.29. The molecule has 0 spiro atoms. The Morgan fingerprint density at radius 1 is 0.974 bits per heavy atom. The number of nitrogens with one attached hydrogen (secondary N) is 1. The predicted molar refractivity (Wildman–Crippen MR) is 140 cm³/mol. The van der Waals surface area contributed by atoms with Crippen molar-refractivity contribution in [3.63, 3.8) is 0 Å². The zero-order valence-electron chi connectivity index (χ0n) is 21.1. The summed E-state index contributed by atoms with van der Waals surface area (Å²) in [6.07, 6.45) is 0.436. The highest BCUT2D eigenvalue weighted by Gasteiger charge is 2.40. The molecule has 4 rings (SSSR count). The lowest BCUT2D eigenvalue weighted by atomic mass is 9.97. The van der Waals surface area contributed by atoms with Crippen LogP contribution in [-0.4, -0.2) is 54.9 Å². The monoisotopic (exact) mass is 552 g/mol. The summed E-state index contributed by atoms with van der Waals surface area (Å²) in [5.74, 6) is 0.470. The first-order valence-corrected chi connectivity index (χ1v) is 13.3. The Hall–Kier alpha value is -4.26. The average molecular weight is 553 g/mol. The molecule has 204 valence electrons. The lowest BCUT2D eigenvalue weighted by Crippen LogP contribution is -2.53. The van der Waals surface area contributed by atoms with Crippen LogP contribution in [-0.2, 0) is 37.7 Å². The summed E-state index contributed by atoms with van der Waals surface area (Å²) in [5.41, 5.74) is 0.0623. The molecule has 0 aliphatic rings. The van der Waals surface area contributed by atoms with Gasteiger partial charge in [0.2, 0.25) is 0 Å². The fourth-order valence-corrected chi connectivity index (χ4v) is 4.75. The molecule has 0 unspecified atom stereocenters. The Morgan fingerprint density at radius 2 is 1.62 bits per heavy atom. The smallest absolute Gasteiger partial charge is 0.408 e. The number of aliphatic hydroxyl groups is 1. The molecule has 4 aromatic rings. The van der Waals surface area contributed by atoms with Crippen molar-refractivity contribution < 1.29 is 32.0 Å². The van der Waals surface area contributed by atoms with Gasteiger partial charge in [-0.15, -0.1) is 5.10 Å². The van der Waals surface area contributed by atoms with E-state index in [4.69, 9.17) is 13.7 Å². The fourth-order valence-electron chi connectivity index (χ4n) is 3.78. The number of carbonyl (C=O) groups is 1. The maximum Gasteiger partial charge on any atom is 0.408 e. The Morgan fingerprint density at radius 3 is 2.23 bits per heavy atom. The number of rotatable bonds is 12. The number of hydrogen-bond acceptors (Lipinski definition) is 9. The second kappa shape index (κ2) is 12.5. The molecule has 0 aliphatic carbocycles. The first-order chi connectivity index (χ1) is 18.8. The van der Waals surface area contributed by atoms with Gasteiger partial charge in [0, 0.05) is 0 Å². The van der Waals surface area contributed by atoms with Gasteiger partial charge >= 0.3 is 6.09 Å². The predicted octanol–water partition coefficient (Wildman–Crippen LogP) is 2.85. The van der Waals surface area contributed by atoms with Gasteiger partial charge in [0.25, 0.3) is 10.1 Å². The van der Waals surface area contributed by atoms with Crippen molar-refractivity contribution >= 4 is 16.2 Å². The summed E-state index contributed by atoms with van der Waals surface area (Å²) in [5, 5.41) is 21.2. The molecule has 11 nitrogen and oxygen atoms in total. The third-order valence-electron chi connectivity index (χ3n) is 5.92. The topological polar surface area (TPSA) is 142 Å². The number of aliphatic hydroxyl groups excluding tert-OH is 1. The number of carbonyl (C=O) groups excluding carboxylic acids is 1. The molecule has 0 radical (unpaired) electrons. The van der Waals surface area contributed by atoms with Crippen LogP contribution >= 0.6 is 0 Å². The van der Waals surface area contributed by atoms with Crippen LogP contribution in [0.1, 0.15) is 16.8 Å². The van der Waals surface area contributed by atoms with Gasteiger partial charge in [-0.05, 0) is 35.4 Å². The summed E-state index contributed by atoms with van der Waals surface area (Å²) < 4.78 is 43.3. The lowest BCUT2D eigenvalue weighted by molar-refractivity contribution is 0.0754. The number of hydrogen-bond donors (Lipinski definition) is 2. The molecule has 0 bridgehead atoms. The third-order valence-corrected chi connectivity index (χ3v) is 7.19. The average Bonchev–Trinajstić information content (AvgIpc) is 3.44. The van der Waals surface area contributed by atoms with Crippen molar-refractivity contribution in [1.29, 1.82) is 0 Å². The third kappa shape index (κ3) is 6.99. The number of aromatic nitrogens is 3. The Labute approximate surface area is 226 Å². The number of methoxy groups -OCH3 is 1. The van der Waals surface area contributed by atoms with E-state index >= 15 is 0 Å². The van der Waals surface area contributed by atoms with E-state index in [0.717, 1.165) is 11.1 Å². The Balaban J connectivity index is 1.61. The van der Waals surface area contributed by atoms with Crippen LogP contribution < -0.4 is 10.1 Å². The number of benzene rings is 3. The molecule has 1 atom stereocenters. The summed E-state index contributed by atoms with van der Waals surface area (Å²) in [6, 6.07) is 24.0. The number of ether oxygens (including phenoxy) is 2. The number of amides is 1. The summed E-state index contributed by atoms with van der Waals surface area (Å²) in [7, 11) is -2.83. The van der Waals surface area contributed by atoms with E-state index in [1.165, 1.54) is 42.3 Å². The standard InChI is InChI=1S/C27H28N4O7S/c1-36-23-12-14-24(15-13-23)39(34,35)38-20-27(19-32,29-26(33)37-18-22-10-6-3-7-11-22)25-16-28-30-31(25)17-21-8-4-2-5-9-21/h2-16,32H,17-20H2,1H3,(H,29,33)/t27-/m1/s1. The first-order valence-electron chi connectivity index (χ1n) is 11.9. The maximum absolute atomic E-state index is 13.0. The second-order valence-electron chi connectivity index (χ2n) is 8.58. The van der Waals surface area contributed by atoms with Gasteiger partial charge in [-0.2, -0.15) is 8.42 Å². The van der Waals surface area contributed by atoms with Crippen LogP contribution in [0.25, 0.3) is 0 Å². The van der Waals surface area contributed by atoms with Crippen molar-refractivity contribution in [3.8, 4) is 5.75 Å². The lowest BCUT2D eigenvalue weighted by Gasteiger charge is -2.32. The van der Waals surface area contributed by atoms with Gasteiger partial charge in [-0.25, -0.2) is 9.48 Å². The molecule has 1 aromatic heterocycles. The van der Waals surface area contributed by atoms with Gasteiger partial charge in [0.15, 0.2) is 0 Å². The van der Waals surface area contributed by atoms with Crippen molar-refractivity contribution in [1.82, 2.24) is 20.3 Å². The minimum absolute atomic E-state index is 0.0410. The van der Waals surface area contributed by atoms with Crippen LogP contribution in [0.2, 0.25) is 0 Å². The Bertz CT molecular complexity index is 1460. The molecule has 3 aromatic carbocycles. The maximum atomic E-state index is 13.0. The van der Waals surface area contributed by atoms with Gasteiger partial charge in [0.05, 0.1) is 43.7 Å². The van der Waals surface area contributed by atoms with E-state index in [0.29, 0.717) is 5.75 Å². The number of alkyl carbamates (subject to hydrolysis) is 1. The molecule has 39 heavy (non-hydrogen) atoms. The molecule has 0 aliphatic heterocycles. The molecule has 1 amide bonds. The number of nitrogens with zero attached hydrogens (tertiary/aromatic N) is 3. The van der Waals surface area contributed by atoms with E-state index in [-0.39, 0.29) is 23.7 Å². The van der Waals surface area contributed by atoms with Gasteiger partial charge in [0.1, 0.15) is 17.9 Å². The van der Waals surface area contributed by atoms with Crippen LogP contribution in [0, 0.1) is 0 Å². The zero-order valence-corrected chi connectivity index (χ0v) is 22.0. The van der Waals surface area contributed by atoms with Crippen LogP contribution in [0.5, 0.6) is 5.75 Å². The fraction of sp³-hybridized carbons (Fsp3) is 0.222. The van der Waals surface area contributed by atoms with Crippen LogP contribution in [0.4, 0.5) is 4.79 Å². The van der Waals surface area contributed by atoms with Gasteiger partial charge < -0.3 is 19.9 Å². The van der Waals surface area contributed by atoms with E-state index < -0.39 is 35.0 Å². The SMILES string of the molecule is COc1ccc(S(=O)(=O)OC[C@@](CO)(NC(=O)OCc2ccccc2)c2cnnn2Cc2ccccc2)cc1. The quantitative estimate of drug-likeness (QED) is 0.254. The molecule has 2 N–H and O–H groups in total. The van der Waals surface area contributed by atoms with E-state index in [1.807, 2.05) is 36.4 Å². The first kappa shape index (κ1) is 27.8. The molecular formula is C27H28N4O7S. The van der Waals surface area contributed by atoms with Crippen LogP contribution in [0.3, 0.4) is 0 Å². The summed E-state index contributed by atoms with van der Waals surface area (Å²) in [6.45, 7) is -1.21. The van der Waals surface area contributed by atoms with Gasteiger partial charge in [-0.1, -0.05) is 65.9 Å². The molecule has 0 fully saturated rings. The van der Waals surface area contributed by atoms with Crippen molar-refractivity contribution in [2.45, 2.75) is 23.6 Å². The molecule has 0 saturated heterocycles. The highest BCUT2D eigenvalue weighted by atomic mass is 32.2. The van der Waals surface area contributed by atoms with E-state index in [2.05, 4.69) is 15.6 Å². The largest absolute Gasteiger partial charge is 0.497 e. The van der Waals surface area contributed by atoms with Crippen molar-refractivity contribution in [3.05, 3.63) is 108 Å². The summed E-state index contributed by atoms with van der Waals surface area (Å²) >= 11 is 0. The minimum Gasteiger partial charge on any atom is -0.497 e. The van der Waals surface area contributed by atoms with Crippen molar-refractivity contribution in [2.24, 2.45) is 0 Å². The molecule has 0 saturated carbocycles. The molecule has 1 heterocycles. The van der Waals surface area contributed by atoms with E-state index in [9.17, 15) is 18.3 Å². The highest BCUT2D eigenvalue weighted by Crippen LogP contribution is 2.25. The molecular weight excluding hydrogens is 524 g/mol. The van der Waals surface area contributed by atoms with E-state index in [1.54, 1.807) is 24.3 Å². The highest BCUT2D eigenvalue weighted by molar-refractivity contribution is 7.86. The molecule has 12 heteroatoms. The zero-order chi connectivity index (χ0) is 27.7. The van der Waals surface area contributed by atoms with Crippen molar-refractivity contribution in [2.75, 3.05) is 20.3 Å². The van der Waals surface area contributed by atoms with Gasteiger partial charge in [-0.3, -0.25) is 4.18 Å². The summed E-state index contributed by atoms with van der Waals surface area (Å²) in [4.78, 5) is 12.8. The second-order valence-corrected chi connectivity index (χ2v) is 10.2.